The van der Waals surface area contributed by atoms with Gasteiger partial charge in [-0.1, -0.05) is 0 Å². The van der Waals surface area contributed by atoms with Gasteiger partial charge >= 0.3 is 12.2 Å². The number of hydrogen-bond donors (Lipinski definition) is 1. The third-order valence-corrected chi connectivity index (χ3v) is 4.45. The Kier molecular flexibility index (Phi) is 6.65. The summed E-state index contributed by atoms with van der Waals surface area (Å²) in [6, 6.07) is -0.123. The van der Waals surface area contributed by atoms with E-state index < -0.39 is 12.7 Å². The van der Waals surface area contributed by atoms with Crippen LogP contribution in [0.1, 0.15) is 20.3 Å². The Labute approximate surface area is 128 Å². The summed E-state index contributed by atoms with van der Waals surface area (Å²) in [5.74, 6) is 0.911. The molecule has 1 N–H and O–H groups in total. The van der Waals surface area contributed by atoms with E-state index in [1.165, 1.54) is 11.9 Å². The zero-order chi connectivity index (χ0) is 16.1. The zero-order valence-corrected chi connectivity index (χ0v) is 13.6. The largest absolute Gasteiger partial charge is 0.401 e. The van der Waals surface area contributed by atoms with Crippen molar-refractivity contribution in [1.29, 1.82) is 0 Å². The van der Waals surface area contributed by atoms with E-state index in [1.807, 2.05) is 11.8 Å². The molecule has 0 bridgehead atoms. The minimum atomic E-state index is -4.17. The van der Waals surface area contributed by atoms with Gasteiger partial charge in [0.2, 0.25) is 0 Å². The van der Waals surface area contributed by atoms with Crippen LogP contribution in [0.4, 0.5) is 18.0 Å². The van der Waals surface area contributed by atoms with Crippen LogP contribution in [0.25, 0.3) is 0 Å². The van der Waals surface area contributed by atoms with Crippen molar-refractivity contribution in [3.8, 4) is 0 Å². The van der Waals surface area contributed by atoms with Gasteiger partial charge in [-0.2, -0.15) is 24.9 Å². The first-order valence-corrected chi connectivity index (χ1v) is 8.00. The molecule has 21 heavy (non-hydrogen) atoms. The second-order valence-corrected chi connectivity index (χ2v) is 7.77. The maximum atomic E-state index is 12.1. The van der Waals surface area contributed by atoms with E-state index >= 15 is 0 Å². The van der Waals surface area contributed by atoms with E-state index in [2.05, 4.69) is 19.2 Å². The second kappa shape index (κ2) is 7.58. The molecule has 1 heterocycles. The van der Waals surface area contributed by atoms with Gasteiger partial charge in [-0.25, -0.2) is 4.79 Å². The second-order valence-electron chi connectivity index (χ2n) is 5.97. The van der Waals surface area contributed by atoms with Crippen molar-refractivity contribution in [2.45, 2.75) is 31.2 Å². The Morgan fingerprint density at radius 1 is 1.43 bits per heavy atom. The number of urea groups is 1. The summed E-state index contributed by atoms with van der Waals surface area (Å²) < 4.78 is 36.5. The van der Waals surface area contributed by atoms with Gasteiger partial charge in [0.15, 0.2) is 0 Å². The number of carbonyl (C=O) groups excluding carboxylic acids is 1. The van der Waals surface area contributed by atoms with Gasteiger partial charge in [0, 0.05) is 30.1 Å². The number of rotatable bonds is 5. The van der Waals surface area contributed by atoms with Gasteiger partial charge in [-0.3, -0.25) is 4.90 Å². The number of alkyl halides is 3. The monoisotopic (exact) mass is 327 g/mol. The molecule has 8 heteroatoms. The Morgan fingerprint density at radius 2 is 2.10 bits per heavy atom. The van der Waals surface area contributed by atoms with E-state index in [4.69, 9.17) is 0 Å². The van der Waals surface area contributed by atoms with E-state index in [1.54, 1.807) is 4.90 Å². The molecule has 0 aliphatic carbocycles. The topological polar surface area (TPSA) is 35.6 Å². The van der Waals surface area contributed by atoms with Crippen molar-refractivity contribution in [3.63, 3.8) is 0 Å². The van der Waals surface area contributed by atoms with E-state index in [0.717, 1.165) is 5.75 Å². The lowest BCUT2D eigenvalue weighted by molar-refractivity contribution is -0.143. The Bertz CT molecular complexity index is 350. The third-order valence-electron chi connectivity index (χ3n) is 3.15. The van der Waals surface area contributed by atoms with Crippen molar-refractivity contribution in [2.24, 2.45) is 0 Å². The highest BCUT2D eigenvalue weighted by Crippen LogP contribution is 2.29. The number of carbonyl (C=O) groups is 1. The van der Waals surface area contributed by atoms with Crippen molar-refractivity contribution in [3.05, 3.63) is 0 Å². The lowest BCUT2D eigenvalue weighted by atomic mass is 10.2. The fourth-order valence-electron chi connectivity index (χ4n) is 2.23. The van der Waals surface area contributed by atoms with Gasteiger partial charge in [-0.05, 0) is 33.9 Å². The molecule has 0 aromatic heterocycles. The molecule has 2 amide bonds. The zero-order valence-electron chi connectivity index (χ0n) is 12.8. The lowest BCUT2D eigenvalue weighted by Gasteiger charge is -2.37. The third kappa shape index (κ3) is 7.80. The number of hydrogen-bond acceptors (Lipinski definition) is 3. The summed E-state index contributed by atoms with van der Waals surface area (Å²) in [6.07, 6.45) is -3.67. The van der Waals surface area contributed by atoms with Crippen LogP contribution in [-0.2, 0) is 0 Å². The molecule has 1 fully saturated rings. The van der Waals surface area contributed by atoms with Crippen LogP contribution in [-0.4, -0.2) is 72.3 Å². The smallest absolute Gasteiger partial charge is 0.338 e. The van der Waals surface area contributed by atoms with Crippen LogP contribution in [0.2, 0.25) is 0 Å². The van der Waals surface area contributed by atoms with Crippen LogP contribution in [0.15, 0.2) is 0 Å². The van der Waals surface area contributed by atoms with Crippen molar-refractivity contribution in [2.75, 3.05) is 45.5 Å². The molecule has 1 saturated heterocycles. The SMILES string of the molecule is CN(CCCNC(=O)N1CCSC(C)(C)C1)CC(F)(F)F. The first kappa shape index (κ1) is 18.4. The molecular weight excluding hydrogens is 303 g/mol. The van der Waals surface area contributed by atoms with Gasteiger partial charge < -0.3 is 10.2 Å². The molecule has 124 valence electrons. The number of nitrogens with zero attached hydrogens (tertiary/aromatic N) is 2. The van der Waals surface area contributed by atoms with Crippen LogP contribution in [0.3, 0.4) is 0 Å². The fourth-order valence-corrected chi connectivity index (χ4v) is 3.34. The fraction of sp³-hybridized carbons (Fsp3) is 0.923. The van der Waals surface area contributed by atoms with Crippen molar-refractivity contribution < 1.29 is 18.0 Å². The molecule has 0 aromatic carbocycles. The van der Waals surface area contributed by atoms with E-state index in [9.17, 15) is 18.0 Å². The van der Waals surface area contributed by atoms with Crippen LogP contribution in [0, 0.1) is 0 Å². The molecule has 4 nitrogen and oxygen atoms in total. The lowest BCUT2D eigenvalue weighted by Crippen LogP contribution is -2.50. The van der Waals surface area contributed by atoms with Crippen LogP contribution >= 0.6 is 11.8 Å². The Morgan fingerprint density at radius 3 is 2.67 bits per heavy atom. The summed E-state index contributed by atoms with van der Waals surface area (Å²) in [5.41, 5.74) is 0. The number of nitrogens with one attached hydrogen (secondary N) is 1. The molecule has 0 spiro atoms. The molecule has 0 aromatic rings. The molecular formula is C13H24F3N3OS. The maximum Gasteiger partial charge on any atom is 0.401 e. The predicted molar refractivity (Wildman–Crippen MR) is 79.7 cm³/mol. The van der Waals surface area contributed by atoms with E-state index in [0.29, 0.717) is 32.6 Å². The summed E-state index contributed by atoms with van der Waals surface area (Å²) in [5, 5.41) is 2.78. The Hall–Kier alpha value is -0.630. The molecule has 1 aliphatic heterocycles. The van der Waals surface area contributed by atoms with Gasteiger partial charge in [-0.15, -0.1) is 0 Å². The Balaban J connectivity index is 2.19. The normalized spacial score (nSPS) is 18.9. The van der Waals surface area contributed by atoms with E-state index in [-0.39, 0.29) is 10.8 Å². The minimum absolute atomic E-state index is 0.0581. The van der Waals surface area contributed by atoms with Gasteiger partial charge in [0.05, 0.1) is 6.54 Å². The van der Waals surface area contributed by atoms with Crippen LogP contribution < -0.4 is 5.32 Å². The van der Waals surface area contributed by atoms with Crippen LogP contribution in [0.5, 0.6) is 0 Å². The number of amides is 2. The van der Waals surface area contributed by atoms with Gasteiger partial charge in [0.1, 0.15) is 0 Å². The maximum absolute atomic E-state index is 12.1. The van der Waals surface area contributed by atoms with Gasteiger partial charge in [0.25, 0.3) is 0 Å². The highest BCUT2D eigenvalue weighted by Gasteiger charge is 2.30. The molecule has 1 aliphatic rings. The summed E-state index contributed by atoms with van der Waals surface area (Å²) >= 11 is 1.84. The average Bonchev–Trinajstić information content (AvgIpc) is 2.31. The molecule has 0 radical (unpaired) electrons. The molecule has 0 unspecified atom stereocenters. The summed E-state index contributed by atoms with van der Waals surface area (Å²) in [4.78, 5) is 15.0. The first-order valence-electron chi connectivity index (χ1n) is 7.01. The predicted octanol–water partition coefficient (Wildman–Crippen LogP) is 2.41. The first-order chi connectivity index (χ1) is 9.59. The number of thioether (sulfide) groups is 1. The highest BCUT2D eigenvalue weighted by atomic mass is 32.2. The molecule has 0 saturated carbocycles. The quantitative estimate of drug-likeness (QED) is 0.788. The van der Waals surface area contributed by atoms with Crippen molar-refractivity contribution in [1.82, 2.24) is 15.1 Å². The standard InChI is InChI=1S/C13H24F3N3OS/c1-12(2)9-19(7-8-21-12)11(20)17-5-4-6-18(3)10-13(14,15)16/h4-10H2,1-3H3,(H,17,20). The minimum Gasteiger partial charge on any atom is -0.338 e. The molecule has 1 rings (SSSR count). The average molecular weight is 327 g/mol. The summed E-state index contributed by atoms with van der Waals surface area (Å²) in [6.45, 7) is 5.39. The summed E-state index contributed by atoms with van der Waals surface area (Å²) in [7, 11) is 1.43. The molecule has 0 atom stereocenters. The highest BCUT2D eigenvalue weighted by molar-refractivity contribution is 8.00. The van der Waals surface area contributed by atoms with Crippen molar-refractivity contribution >= 4 is 17.8 Å². The number of halogens is 3.